The Hall–Kier alpha value is -0.963. The van der Waals surface area contributed by atoms with Gasteiger partial charge in [0.2, 0.25) is 0 Å². The minimum absolute atomic E-state index is 0. The maximum absolute atomic E-state index is 3.39. The third kappa shape index (κ3) is 7.01. The molecule has 0 saturated carbocycles. The van der Waals surface area contributed by atoms with Crippen LogP contribution in [0.1, 0.15) is 38.8 Å². The molecule has 0 N–H and O–H groups in total. The molecule has 0 fully saturated rings. The smallest absolute Gasteiger partial charge is 1.00 e. The zero-order valence-electron chi connectivity index (χ0n) is 18.4. The molecule has 156 valence electrons. The number of hydrogen-bond donors (Lipinski definition) is 0. The van der Waals surface area contributed by atoms with Gasteiger partial charge in [-0.25, -0.2) is 0 Å². The summed E-state index contributed by atoms with van der Waals surface area (Å²) < 4.78 is 0. The zero-order chi connectivity index (χ0) is 20.3. The van der Waals surface area contributed by atoms with E-state index < -0.39 is 0 Å². The summed E-state index contributed by atoms with van der Waals surface area (Å²) in [5.41, 5.74) is 10.6. The Morgan fingerprint density at radius 3 is 1.06 bits per heavy atom. The zero-order valence-corrected chi connectivity index (χ0v) is 25.2. The fraction of sp³-hybridized carbons (Fsp3) is 0.154. The Bertz CT molecular complexity index is 976. The molecule has 0 bridgehead atoms. The van der Waals surface area contributed by atoms with Gasteiger partial charge in [0.15, 0.2) is 0 Å². The molecule has 0 nitrogen and oxygen atoms in total. The van der Waals surface area contributed by atoms with Crippen molar-refractivity contribution in [2.75, 3.05) is 0 Å². The van der Waals surface area contributed by atoms with Gasteiger partial charge in [0.05, 0.1) is 0 Å². The molecule has 0 spiro atoms. The van der Waals surface area contributed by atoms with Crippen LogP contribution in [0.2, 0.25) is 0 Å². The molecule has 0 saturated heterocycles. The molecular formula is C26H26Cl2Si2Zr. The fourth-order valence-corrected chi connectivity index (χ4v) is 5.05. The van der Waals surface area contributed by atoms with Gasteiger partial charge in [-0.15, -0.1) is 0 Å². The molecule has 0 unspecified atom stereocenters. The van der Waals surface area contributed by atoms with Gasteiger partial charge >= 0.3 is 26.2 Å². The normalized spacial score (nSPS) is 14.6. The molecule has 0 radical (unpaired) electrons. The van der Waals surface area contributed by atoms with Gasteiger partial charge in [-0.2, -0.15) is 55.9 Å². The van der Waals surface area contributed by atoms with Crippen LogP contribution in [-0.4, -0.2) is 30.0 Å². The van der Waals surface area contributed by atoms with E-state index in [0.717, 1.165) is 0 Å². The first-order chi connectivity index (χ1) is 13.4. The predicted octanol–water partition coefficient (Wildman–Crippen LogP) is -1.94. The molecule has 31 heavy (non-hydrogen) atoms. The molecule has 2 aromatic rings. The number of hydrogen-bond acceptors (Lipinski definition) is 0. The molecular weight excluding hydrogens is 531 g/mol. The Balaban J connectivity index is 0.000000529. The first-order valence-electron chi connectivity index (χ1n) is 9.53. The summed E-state index contributed by atoms with van der Waals surface area (Å²) in [5.74, 6) is 0. The van der Waals surface area contributed by atoms with Gasteiger partial charge in [-0.05, 0) is 19.7 Å². The fourth-order valence-electron chi connectivity index (χ4n) is 3.58. The van der Waals surface area contributed by atoms with Crippen LogP contribution in [-0.2, 0) is 26.2 Å². The van der Waals surface area contributed by atoms with E-state index in [2.05, 4.69) is 101 Å². The van der Waals surface area contributed by atoms with Crippen LogP contribution in [0.4, 0.5) is 0 Å². The summed E-state index contributed by atoms with van der Waals surface area (Å²) >= 11 is 0. The van der Waals surface area contributed by atoms with Gasteiger partial charge in [0.25, 0.3) is 0 Å². The van der Waals surface area contributed by atoms with Crippen molar-refractivity contribution < 1.29 is 51.0 Å². The Morgan fingerprint density at radius 2 is 0.839 bits per heavy atom. The molecule has 2 aliphatic rings. The molecule has 2 aromatic carbocycles. The molecule has 0 heterocycles. The minimum atomic E-state index is 0. The SMILES string of the molecule is CC1=[C-]C(=[SiH2])C(c2ccccc2)=C1C.CC1=[C-]C(=[SiH2])C(c2ccccc2)=C1C.[Cl-].[Cl-].[Zr+4]. The van der Waals surface area contributed by atoms with Crippen molar-refractivity contribution in [2.45, 2.75) is 27.7 Å². The third-order valence-corrected chi connectivity index (χ3v) is 6.34. The van der Waals surface area contributed by atoms with Gasteiger partial charge in [0.1, 0.15) is 0 Å². The Kier molecular flexibility index (Phi) is 13.1. The van der Waals surface area contributed by atoms with Gasteiger partial charge in [-0.3, -0.25) is 0 Å². The van der Waals surface area contributed by atoms with E-state index in [4.69, 9.17) is 0 Å². The van der Waals surface area contributed by atoms with Crippen LogP contribution in [0.25, 0.3) is 11.1 Å². The first kappa shape index (κ1) is 30.0. The first-order valence-corrected chi connectivity index (χ1v) is 10.9. The largest absolute Gasteiger partial charge is 4.00 e. The van der Waals surface area contributed by atoms with E-state index in [-0.39, 0.29) is 51.0 Å². The van der Waals surface area contributed by atoms with E-state index in [9.17, 15) is 0 Å². The van der Waals surface area contributed by atoms with Crippen LogP contribution in [0, 0.1) is 12.2 Å². The van der Waals surface area contributed by atoms with Crippen LogP contribution in [0.3, 0.4) is 0 Å². The topological polar surface area (TPSA) is 0 Å². The standard InChI is InChI=1S/2C13H13Si.2ClH.Zr/c2*1-9-8-12(14)13(10(9)2)11-6-4-3-5-7-11;;;/h2*3-7H,14H2,1-2H3;2*1H;/q2*-1;;;+4/p-2. The van der Waals surface area contributed by atoms with E-state index in [1.165, 1.54) is 54.9 Å². The molecule has 0 aromatic heterocycles. The summed E-state index contributed by atoms with van der Waals surface area (Å²) in [7, 11) is 3.83. The summed E-state index contributed by atoms with van der Waals surface area (Å²) in [6.45, 7) is 8.59. The summed E-state index contributed by atoms with van der Waals surface area (Å²) in [5, 5.41) is 2.57. The number of allylic oxidation sites excluding steroid dienone is 8. The number of rotatable bonds is 2. The molecule has 2 aliphatic carbocycles. The van der Waals surface area contributed by atoms with E-state index in [1.54, 1.807) is 0 Å². The average Bonchev–Trinajstić information content (AvgIpc) is 3.10. The van der Waals surface area contributed by atoms with Crippen molar-refractivity contribution >= 4 is 41.2 Å². The Morgan fingerprint density at radius 1 is 0.548 bits per heavy atom. The second kappa shape index (κ2) is 13.6. The molecule has 4 rings (SSSR count). The van der Waals surface area contributed by atoms with Crippen molar-refractivity contribution in [1.29, 1.82) is 0 Å². The molecule has 0 amide bonds. The van der Waals surface area contributed by atoms with Crippen LogP contribution in [0.5, 0.6) is 0 Å². The van der Waals surface area contributed by atoms with Crippen molar-refractivity contribution in [3.63, 3.8) is 0 Å². The van der Waals surface area contributed by atoms with Crippen molar-refractivity contribution in [2.24, 2.45) is 0 Å². The third-order valence-electron chi connectivity index (χ3n) is 5.28. The number of benzene rings is 2. The summed E-state index contributed by atoms with van der Waals surface area (Å²) in [6, 6.07) is 21.1. The van der Waals surface area contributed by atoms with E-state index in [1.807, 2.05) is 19.7 Å². The average molecular weight is 557 g/mol. The second-order valence-corrected chi connectivity index (χ2v) is 8.60. The maximum atomic E-state index is 3.39. The van der Waals surface area contributed by atoms with Crippen LogP contribution in [0.15, 0.2) is 83.0 Å². The van der Waals surface area contributed by atoms with E-state index >= 15 is 0 Å². The second-order valence-electron chi connectivity index (χ2n) is 7.19. The minimum Gasteiger partial charge on any atom is -1.00 e. The summed E-state index contributed by atoms with van der Waals surface area (Å²) in [4.78, 5) is 0. The van der Waals surface area contributed by atoms with Gasteiger partial charge in [0, 0.05) is 0 Å². The Labute approximate surface area is 224 Å². The predicted molar refractivity (Wildman–Crippen MR) is 130 cm³/mol. The molecule has 0 atom stereocenters. The van der Waals surface area contributed by atoms with Gasteiger partial charge in [-0.1, -0.05) is 99.5 Å². The van der Waals surface area contributed by atoms with Crippen molar-refractivity contribution in [3.05, 3.63) is 106 Å². The number of halogens is 2. The van der Waals surface area contributed by atoms with Crippen LogP contribution < -0.4 is 24.8 Å². The van der Waals surface area contributed by atoms with Crippen molar-refractivity contribution in [1.82, 2.24) is 0 Å². The monoisotopic (exact) mass is 554 g/mol. The quantitative estimate of drug-likeness (QED) is 0.299. The van der Waals surface area contributed by atoms with Crippen LogP contribution >= 0.6 is 0 Å². The molecule has 5 heteroatoms. The van der Waals surface area contributed by atoms with Crippen molar-refractivity contribution in [3.8, 4) is 0 Å². The van der Waals surface area contributed by atoms with Gasteiger partial charge < -0.3 is 24.8 Å². The summed E-state index contributed by atoms with van der Waals surface area (Å²) in [6.07, 6.45) is 6.77. The van der Waals surface area contributed by atoms with E-state index in [0.29, 0.717) is 0 Å². The maximum Gasteiger partial charge on any atom is 4.00 e. The molecule has 0 aliphatic heterocycles.